The van der Waals surface area contributed by atoms with E-state index in [-0.39, 0.29) is 0 Å². The molecule has 0 bridgehead atoms. The van der Waals surface area contributed by atoms with Crippen LogP contribution in [0.15, 0.2) is 42.7 Å². The number of H-pyrrole nitrogens is 1. The van der Waals surface area contributed by atoms with E-state index in [9.17, 15) is 0 Å². The number of nitrogens with two attached hydrogens (primary N) is 1. The molecule has 3 rings (SSSR count). The molecule has 0 aliphatic carbocycles. The van der Waals surface area contributed by atoms with Crippen LogP contribution in [0.25, 0.3) is 22.6 Å². The highest BCUT2D eigenvalue weighted by molar-refractivity contribution is 5.87. The SMILES string of the molecule is Cc1ccccc1-c1c(N)n[nH]c1-c1ncccn1. The Morgan fingerprint density at radius 2 is 1.79 bits per heavy atom. The van der Waals surface area contributed by atoms with Crippen molar-refractivity contribution in [2.24, 2.45) is 0 Å². The standard InChI is InChI=1S/C14H13N5/c1-9-5-2-3-6-10(9)11-12(18-19-13(11)15)14-16-7-4-8-17-14/h2-8H,1H3,(H3,15,18,19). The third-order valence-electron chi connectivity index (χ3n) is 3.00. The summed E-state index contributed by atoms with van der Waals surface area (Å²) in [5, 5.41) is 7.00. The Kier molecular flexibility index (Phi) is 2.72. The second-order valence-corrected chi connectivity index (χ2v) is 4.25. The molecular weight excluding hydrogens is 238 g/mol. The molecule has 0 atom stereocenters. The quantitative estimate of drug-likeness (QED) is 0.733. The average molecular weight is 251 g/mol. The van der Waals surface area contributed by atoms with E-state index < -0.39 is 0 Å². The van der Waals surface area contributed by atoms with Crippen LogP contribution < -0.4 is 5.73 Å². The van der Waals surface area contributed by atoms with Gasteiger partial charge in [-0.05, 0) is 24.1 Å². The molecule has 2 heterocycles. The fourth-order valence-corrected chi connectivity index (χ4v) is 2.07. The summed E-state index contributed by atoms with van der Waals surface area (Å²) in [5.41, 5.74) is 9.75. The first-order valence-corrected chi connectivity index (χ1v) is 5.94. The van der Waals surface area contributed by atoms with E-state index in [0.717, 1.165) is 22.4 Å². The number of benzene rings is 1. The first kappa shape index (κ1) is 11.4. The molecule has 94 valence electrons. The molecule has 3 aromatic rings. The van der Waals surface area contributed by atoms with Crippen LogP contribution in [0.2, 0.25) is 0 Å². The summed E-state index contributed by atoms with van der Waals surface area (Å²) in [5.74, 6) is 1.04. The normalized spacial score (nSPS) is 10.6. The van der Waals surface area contributed by atoms with Crippen LogP contribution in [-0.2, 0) is 0 Å². The zero-order valence-corrected chi connectivity index (χ0v) is 10.5. The maximum Gasteiger partial charge on any atom is 0.178 e. The van der Waals surface area contributed by atoms with Gasteiger partial charge in [-0.1, -0.05) is 24.3 Å². The number of nitrogen functional groups attached to an aromatic ring is 1. The van der Waals surface area contributed by atoms with E-state index in [2.05, 4.69) is 20.2 Å². The molecule has 1 aromatic carbocycles. The van der Waals surface area contributed by atoms with Crippen molar-refractivity contribution in [1.82, 2.24) is 20.2 Å². The molecule has 0 fully saturated rings. The molecule has 0 aliphatic heterocycles. The van der Waals surface area contributed by atoms with Crippen molar-refractivity contribution in [3.05, 3.63) is 48.3 Å². The molecule has 0 amide bonds. The van der Waals surface area contributed by atoms with Gasteiger partial charge in [0.25, 0.3) is 0 Å². The Morgan fingerprint density at radius 3 is 2.53 bits per heavy atom. The lowest BCUT2D eigenvalue weighted by Crippen LogP contribution is -1.93. The Hall–Kier alpha value is -2.69. The van der Waals surface area contributed by atoms with Crippen molar-refractivity contribution >= 4 is 5.82 Å². The minimum absolute atomic E-state index is 0.455. The first-order valence-electron chi connectivity index (χ1n) is 5.94. The minimum atomic E-state index is 0.455. The summed E-state index contributed by atoms with van der Waals surface area (Å²) < 4.78 is 0. The smallest absolute Gasteiger partial charge is 0.178 e. The molecule has 0 saturated heterocycles. The zero-order valence-electron chi connectivity index (χ0n) is 10.5. The molecule has 0 aliphatic rings. The maximum atomic E-state index is 5.98. The zero-order chi connectivity index (χ0) is 13.2. The maximum absolute atomic E-state index is 5.98. The highest BCUT2D eigenvalue weighted by Crippen LogP contribution is 2.34. The van der Waals surface area contributed by atoms with Crippen molar-refractivity contribution < 1.29 is 0 Å². The fraction of sp³-hybridized carbons (Fsp3) is 0.0714. The lowest BCUT2D eigenvalue weighted by atomic mass is 10.00. The van der Waals surface area contributed by atoms with Gasteiger partial charge in [0, 0.05) is 12.4 Å². The average Bonchev–Trinajstić information content (AvgIpc) is 2.82. The van der Waals surface area contributed by atoms with Crippen molar-refractivity contribution in [2.75, 3.05) is 5.73 Å². The summed E-state index contributed by atoms with van der Waals surface area (Å²) in [6.45, 7) is 2.04. The van der Waals surface area contributed by atoms with Crippen molar-refractivity contribution in [3.8, 4) is 22.6 Å². The summed E-state index contributed by atoms with van der Waals surface area (Å²) in [6.07, 6.45) is 3.39. The molecule has 0 spiro atoms. The molecule has 5 heteroatoms. The Balaban J connectivity index is 2.23. The Labute approximate surface area is 110 Å². The highest BCUT2D eigenvalue weighted by atomic mass is 15.2. The third kappa shape index (κ3) is 1.95. The molecule has 2 aromatic heterocycles. The van der Waals surface area contributed by atoms with Crippen LogP contribution in [0.1, 0.15) is 5.56 Å². The van der Waals surface area contributed by atoms with E-state index >= 15 is 0 Å². The molecule has 0 saturated carbocycles. The van der Waals surface area contributed by atoms with Gasteiger partial charge in [-0.25, -0.2) is 9.97 Å². The minimum Gasteiger partial charge on any atom is -0.382 e. The topological polar surface area (TPSA) is 80.5 Å². The highest BCUT2D eigenvalue weighted by Gasteiger charge is 2.17. The van der Waals surface area contributed by atoms with Crippen molar-refractivity contribution in [1.29, 1.82) is 0 Å². The number of aromatic amines is 1. The number of anilines is 1. The number of rotatable bonds is 2. The molecule has 5 nitrogen and oxygen atoms in total. The van der Waals surface area contributed by atoms with Gasteiger partial charge in [-0.15, -0.1) is 0 Å². The largest absolute Gasteiger partial charge is 0.382 e. The second kappa shape index (κ2) is 4.53. The number of nitrogens with zero attached hydrogens (tertiary/aromatic N) is 3. The van der Waals surface area contributed by atoms with Crippen LogP contribution in [-0.4, -0.2) is 20.2 Å². The molecule has 19 heavy (non-hydrogen) atoms. The number of aromatic nitrogens is 4. The number of hydrogen-bond acceptors (Lipinski definition) is 4. The Morgan fingerprint density at radius 1 is 1.05 bits per heavy atom. The summed E-state index contributed by atoms with van der Waals surface area (Å²) >= 11 is 0. The monoisotopic (exact) mass is 251 g/mol. The van der Waals surface area contributed by atoms with Gasteiger partial charge < -0.3 is 5.73 Å². The van der Waals surface area contributed by atoms with Crippen LogP contribution in [0.5, 0.6) is 0 Å². The van der Waals surface area contributed by atoms with Gasteiger partial charge in [-0.2, -0.15) is 5.10 Å². The van der Waals surface area contributed by atoms with Gasteiger partial charge in [0.15, 0.2) is 11.6 Å². The van der Waals surface area contributed by atoms with Crippen LogP contribution in [0.4, 0.5) is 5.82 Å². The van der Waals surface area contributed by atoms with E-state index in [1.807, 2.05) is 31.2 Å². The number of hydrogen-bond donors (Lipinski definition) is 2. The molecule has 3 N–H and O–H groups in total. The number of aryl methyl sites for hydroxylation is 1. The third-order valence-corrected chi connectivity index (χ3v) is 3.00. The van der Waals surface area contributed by atoms with E-state index in [1.165, 1.54) is 0 Å². The predicted octanol–water partition coefficient (Wildman–Crippen LogP) is 2.42. The second-order valence-electron chi connectivity index (χ2n) is 4.25. The first-order chi connectivity index (χ1) is 9.27. The van der Waals surface area contributed by atoms with Gasteiger partial charge >= 0.3 is 0 Å². The van der Waals surface area contributed by atoms with Crippen molar-refractivity contribution in [3.63, 3.8) is 0 Å². The lowest BCUT2D eigenvalue weighted by Gasteiger charge is -2.06. The van der Waals surface area contributed by atoms with Gasteiger partial charge in [0.2, 0.25) is 0 Å². The molecular formula is C14H13N5. The van der Waals surface area contributed by atoms with Crippen LogP contribution in [0.3, 0.4) is 0 Å². The van der Waals surface area contributed by atoms with Crippen LogP contribution >= 0.6 is 0 Å². The van der Waals surface area contributed by atoms with Gasteiger partial charge in [0.1, 0.15) is 5.69 Å². The van der Waals surface area contributed by atoms with Gasteiger partial charge in [-0.3, -0.25) is 5.10 Å². The number of nitrogens with one attached hydrogen (secondary N) is 1. The summed E-state index contributed by atoms with van der Waals surface area (Å²) in [4.78, 5) is 8.48. The van der Waals surface area contributed by atoms with Gasteiger partial charge in [0.05, 0.1) is 5.56 Å². The van der Waals surface area contributed by atoms with Crippen LogP contribution in [0, 0.1) is 6.92 Å². The fourth-order valence-electron chi connectivity index (χ4n) is 2.07. The molecule has 0 radical (unpaired) electrons. The van der Waals surface area contributed by atoms with E-state index in [4.69, 9.17) is 5.73 Å². The predicted molar refractivity (Wildman–Crippen MR) is 74.2 cm³/mol. The summed E-state index contributed by atoms with van der Waals surface area (Å²) in [6, 6.07) is 9.80. The lowest BCUT2D eigenvalue weighted by molar-refractivity contribution is 1.07. The summed E-state index contributed by atoms with van der Waals surface area (Å²) in [7, 11) is 0. The van der Waals surface area contributed by atoms with Crippen molar-refractivity contribution in [2.45, 2.75) is 6.92 Å². The molecule has 0 unspecified atom stereocenters. The van der Waals surface area contributed by atoms with E-state index in [1.54, 1.807) is 18.5 Å². The Bertz CT molecular complexity index is 703. The van der Waals surface area contributed by atoms with E-state index in [0.29, 0.717) is 11.6 Å².